The third-order valence-corrected chi connectivity index (χ3v) is 6.48. The zero-order valence-electron chi connectivity index (χ0n) is 20.7. The number of carboxylic acids is 1. The second kappa shape index (κ2) is 11.9. The van der Waals surface area contributed by atoms with Crippen molar-refractivity contribution in [2.24, 2.45) is 0 Å². The van der Waals surface area contributed by atoms with Crippen molar-refractivity contribution in [3.05, 3.63) is 65.5 Å². The molecule has 39 heavy (non-hydrogen) atoms. The van der Waals surface area contributed by atoms with Gasteiger partial charge in [-0.2, -0.15) is 13.2 Å². The molecule has 14 heteroatoms. The second-order valence-electron chi connectivity index (χ2n) is 9.18. The number of benzene rings is 2. The molecule has 0 unspecified atom stereocenters. The molecule has 1 atom stereocenters. The van der Waals surface area contributed by atoms with E-state index in [0.717, 1.165) is 12.1 Å². The van der Waals surface area contributed by atoms with Crippen LogP contribution in [0.5, 0.6) is 0 Å². The summed E-state index contributed by atoms with van der Waals surface area (Å²) in [5, 5.41) is 12.6. The molecular formula is C25H26F6N4O4. The molecule has 0 radical (unpaired) electrons. The third kappa shape index (κ3) is 6.99. The Bertz CT molecular complexity index is 1200. The number of nitrogens with zero attached hydrogens (tertiary/aromatic N) is 2. The average Bonchev–Trinajstić information content (AvgIpc) is 3.15. The maximum Gasteiger partial charge on any atom is 0.490 e. The van der Waals surface area contributed by atoms with Gasteiger partial charge in [-0.3, -0.25) is 9.59 Å². The van der Waals surface area contributed by atoms with Crippen LogP contribution < -0.4 is 15.5 Å². The van der Waals surface area contributed by atoms with Gasteiger partial charge in [0.1, 0.15) is 28.6 Å². The fourth-order valence-electron chi connectivity index (χ4n) is 4.62. The molecule has 2 amide bonds. The number of rotatable bonds is 5. The first kappa shape index (κ1) is 29.7. The van der Waals surface area contributed by atoms with Gasteiger partial charge in [0.25, 0.3) is 5.91 Å². The van der Waals surface area contributed by atoms with Crippen molar-refractivity contribution in [2.45, 2.75) is 37.5 Å². The van der Waals surface area contributed by atoms with E-state index >= 15 is 0 Å². The largest absolute Gasteiger partial charge is 0.490 e. The Morgan fingerprint density at radius 2 is 1.64 bits per heavy atom. The van der Waals surface area contributed by atoms with E-state index in [1.54, 1.807) is 19.1 Å². The van der Waals surface area contributed by atoms with Crippen LogP contribution in [-0.2, 0) is 9.59 Å². The fourth-order valence-corrected chi connectivity index (χ4v) is 4.62. The number of piperidine rings is 1. The summed E-state index contributed by atoms with van der Waals surface area (Å²) in [5.74, 6) is -5.79. The van der Waals surface area contributed by atoms with Crippen LogP contribution in [0.25, 0.3) is 0 Å². The summed E-state index contributed by atoms with van der Waals surface area (Å²) >= 11 is 0. The zero-order chi connectivity index (χ0) is 29.0. The van der Waals surface area contributed by atoms with Crippen LogP contribution in [0.1, 0.15) is 30.1 Å². The molecule has 2 saturated heterocycles. The van der Waals surface area contributed by atoms with Crippen molar-refractivity contribution in [1.29, 1.82) is 0 Å². The Hall–Kier alpha value is -3.81. The SMILES string of the molecule is C[C@@H](CN1CCC2(CC1)C(=O)NCN2c1cccc(F)c1)NC(=O)c1c(F)cccc1F.O=C(O)C(F)(F)F. The van der Waals surface area contributed by atoms with Gasteiger partial charge in [0.05, 0.1) is 6.67 Å². The van der Waals surface area contributed by atoms with Crippen molar-refractivity contribution in [1.82, 2.24) is 15.5 Å². The van der Waals surface area contributed by atoms with Gasteiger partial charge in [-0.1, -0.05) is 12.1 Å². The maximum atomic E-state index is 13.8. The molecule has 0 bridgehead atoms. The van der Waals surface area contributed by atoms with Crippen LogP contribution in [0, 0.1) is 17.5 Å². The fraction of sp³-hybridized carbons (Fsp3) is 0.400. The van der Waals surface area contributed by atoms with E-state index < -0.39 is 40.8 Å². The standard InChI is InChI=1S/C23H25F3N4O2.C2HF3O2/c1-15(28-21(31)20-18(25)6-3-7-19(20)26)13-29-10-8-23(9-11-29)22(32)27-14-30(23)17-5-2-4-16(24)12-17;3-2(4,5)1(6)7/h2-7,12,15H,8-11,13-14H2,1H3,(H,27,32)(H,28,31);(H,6,7)/t15-;/m0./s1. The predicted molar refractivity (Wildman–Crippen MR) is 127 cm³/mol. The number of aliphatic carboxylic acids is 1. The van der Waals surface area contributed by atoms with Crippen molar-refractivity contribution in [3.8, 4) is 0 Å². The number of alkyl halides is 3. The molecule has 8 nitrogen and oxygen atoms in total. The van der Waals surface area contributed by atoms with Crippen LogP contribution in [0.4, 0.5) is 32.0 Å². The molecule has 0 aliphatic carbocycles. The number of anilines is 1. The topological polar surface area (TPSA) is 102 Å². The van der Waals surface area contributed by atoms with Crippen LogP contribution in [0.15, 0.2) is 42.5 Å². The molecule has 2 aliphatic heterocycles. The van der Waals surface area contributed by atoms with Crippen LogP contribution in [0.3, 0.4) is 0 Å². The monoisotopic (exact) mass is 560 g/mol. The normalized spacial score (nSPS) is 17.7. The van der Waals surface area contributed by atoms with Gasteiger partial charge in [0, 0.05) is 31.4 Å². The molecular weight excluding hydrogens is 534 g/mol. The Balaban J connectivity index is 0.000000532. The summed E-state index contributed by atoms with van der Waals surface area (Å²) in [6.07, 6.45) is -4.00. The number of hydrogen-bond acceptors (Lipinski definition) is 5. The number of amides is 2. The first-order valence-electron chi connectivity index (χ1n) is 11.8. The number of nitrogens with one attached hydrogen (secondary N) is 2. The Morgan fingerprint density at radius 3 is 2.18 bits per heavy atom. The number of likely N-dealkylation sites (tertiary alicyclic amines) is 1. The minimum absolute atomic E-state index is 0.0715. The van der Waals surface area contributed by atoms with Gasteiger partial charge in [-0.05, 0) is 50.1 Å². The van der Waals surface area contributed by atoms with Gasteiger partial charge < -0.3 is 25.5 Å². The zero-order valence-corrected chi connectivity index (χ0v) is 20.7. The number of carbonyl (C=O) groups is 3. The van der Waals surface area contributed by atoms with Crippen molar-refractivity contribution < 1.29 is 45.8 Å². The quantitative estimate of drug-likeness (QED) is 0.486. The van der Waals surface area contributed by atoms with Crippen LogP contribution in [-0.4, -0.2) is 71.9 Å². The molecule has 1 spiro atoms. The van der Waals surface area contributed by atoms with Crippen LogP contribution >= 0.6 is 0 Å². The highest BCUT2D eigenvalue weighted by Gasteiger charge is 2.50. The van der Waals surface area contributed by atoms with Gasteiger partial charge in [0.2, 0.25) is 5.91 Å². The van der Waals surface area contributed by atoms with Gasteiger partial charge in [-0.25, -0.2) is 18.0 Å². The van der Waals surface area contributed by atoms with Crippen molar-refractivity contribution >= 4 is 23.5 Å². The summed E-state index contributed by atoms with van der Waals surface area (Å²) in [7, 11) is 0. The van der Waals surface area contributed by atoms with Gasteiger partial charge in [-0.15, -0.1) is 0 Å². The van der Waals surface area contributed by atoms with E-state index in [1.807, 2.05) is 4.90 Å². The second-order valence-corrected chi connectivity index (χ2v) is 9.18. The Morgan fingerprint density at radius 1 is 1.08 bits per heavy atom. The highest BCUT2D eigenvalue weighted by molar-refractivity contribution is 5.95. The number of halogens is 6. The van der Waals surface area contributed by atoms with E-state index in [-0.39, 0.29) is 17.8 Å². The molecule has 4 rings (SSSR count). The van der Waals surface area contributed by atoms with Gasteiger partial charge in [0.15, 0.2) is 0 Å². The maximum absolute atomic E-state index is 13.8. The lowest BCUT2D eigenvalue weighted by atomic mass is 9.85. The predicted octanol–water partition coefficient (Wildman–Crippen LogP) is 3.28. The smallest absolute Gasteiger partial charge is 0.475 e. The average molecular weight is 560 g/mol. The molecule has 0 saturated carbocycles. The first-order chi connectivity index (χ1) is 18.2. The lowest BCUT2D eigenvalue weighted by Gasteiger charge is -2.43. The molecule has 212 valence electrons. The number of carbonyl (C=O) groups excluding carboxylic acids is 2. The lowest BCUT2D eigenvalue weighted by Crippen LogP contribution is -2.57. The van der Waals surface area contributed by atoms with Gasteiger partial charge >= 0.3 is 12.1 Å². The van der Waals surface area contributed by atoms with E-state index in [2.05, 4.69) is 15.5 Å². The number of carboxylic acid groups (broad SMARTS) is 1. The summed E-state index contributed by atoms with van der Waals surface area (Å²) in [5.41, 5.74) is -0.678. The highest BCUT2D eigenvalue weighted by Crippen LogP contribution is 2.36. The molecule has 2 aliphatic rings. The van der Waals surface area contributed by atoms with Crippen molar-refractivity contribution in [3.63, 3.8) is 0 Å². The van der Waals surface area contributed by atoms with E-state index in [9.17, 15) is 35.9 Å². The van der Waals surface area contributed by atoms with Crippen LogP contribution in [0.2, 0.25) is 0 Å². The minimum Gasteiger partial charge on any atom is -0.475 e. The molecule has 3 N–H and O–H groups in total. The van der Waals surface area contributed by atoms with E-state index in [4.69, 9.17) is 9.90 Å². The summed E-state index contributed by atoms with van der Waals surface area (Å²) in [6.45, 7) is 3.74. The lowest BCUT2D eigenvalue weighted by molar-refractivity contribution is -0.192. The number of hydrogen-bond donors (Lipinski definition) is 3. The molecule has 0 aromatic heterocycles. The molecule has 2 heterocycles. The summed E-state index contributed by atoms with van der Waals surface area (Å²) in [6, 6.07) is 9.15. The summed E-state index contributed by atoms with van der Waals surface area (Å²) < 4.78 is 73.2. The Kier molecular flexibility index (Phi) is 9.10. The van der Waals surface area contributed by atoms with E-state index in [0.29, 0.717) is 44.8 Å². The van der Waals surface area contributed by atoms with E-state index in [1.165, 1.54) is 18.2 Å². The third-order valence-electron chi connectivity index (χ3n) is 6.48. The highest BCUT2D eigenvalue weighted by atomic mass is 19.4. The molecule has 2 aromatic rings. The minimum atomic E-state index is -5.08. The summed E-state index contributed by atoms with van der Waals surface area (Å²) in [4.78, 5) is 37.9. The Labute approximate surface area is 219 Å². The molecule has 2 fully saturated rings. The first-order valence-corrected chi connectivity index (χ1v) is 11.8. The van der Waals surface area contributed by atoms with Crippen molar-refractivity contribution in [2.75, 3.05) is 31.2 Å². The molecule has 2 aromatic carbocycles.